The number of aromatic nitrogens is 1. The van der Waals surface area contributed by atoms with Gasteiger partial charge < -0.3 is 5.11 Å². The van der Waals surface area contributed by atoms with Gasteiger partial charge in [0.2, 0.25) is 10.0 Å². The minimum atomic E-state index is -3.59. The first-order chi connectivity index (χ1) is 11.9. The summed E-state index contributed by atoms with van der Waals surface area (Å²) >= 11 is 0. The summed E-state index contributed by atoms with van der Waals surface area (Å²) in [6.45, 7) is 0. The lowest BCUT2D eigenvalue weighted by Gasteiger charge is -2.37. The number of aliphatic hydroxyl groups excluding tert-OH is 1. The highest BCUT2D eigenvalue weighted by Crippen LogP contribution is 2.32. The third kappa shape index (κ3) is 5.07. The molecule has 0 amide bonds. The molecule has 2 N–H and O–H groups in total. The largest absolute Gasteiger partial charge is 0.393 e. The highest BCUT2D eigenvalue weighted by atomic mass is 32.2. The van der Waals surface area contributed by atoms with Gasteiger partial charge in [-0.3, -0.25) is 4.98 Å². The predicted molar refractivity (Wildman–Crippen MR) is 92.6 cm³/mol. The first kappa shape index (κ1) is 18.0. The highest BCUT2D eigenvalue weighted by Gasteiger charge is 2.36. The lowest BCUT2D eigenvalue weighted by Crippen LogP contribution is -2.48. The van der Waals surface area contributed by atoms with Crippen LogP contribution in [0.4, 0.5) is 4.39 Å². The smallest absolute Gasteiger partial charge is 0.216 e. The number of aliphatic hydroxyl groups is 1. The second kappa shape index (κ2) is 7.59. The molecule has 7 heteroatoms. The Bertz CT molecular complexity index is 791. The van der Waals surface area contributed by atoms with Crippen LogP contribution in [-0.4, -0.2) is 30.7 Å². The summed E-state index contributed by atoms with van der Waals surface area (Å²) in [5, 5.41) is 9.56. The third-order valence-corrected chi connectivity index (χ3v) is 5.85. The van der Waals surface area contributed by atoms with Crippen molar-refractivity contribution in [3.8, 4) is 0 Å². The van der Waals surface area contributed by atoms with Gasteiger partial charge in [0, 0.05) is 24.4 Å². The summed E-state index contributed by atoms with van der Waals surface area (Å²) in [6, 6.07) is 10.6. The first-order valence-corrected chi connectivity index (χ1v) is 9.89. The normalized spacial score (nSPS) is 21.5. The standard InChI is InChI=1S/C18H21FN2O3S/c19-15-6-4-13(5-7-15)12-25(23,24)21-18(14-9-17(22)10-14)11-16-3-1-2-8-20-16/h1-8,14,17-18,21-22H,9-12H2/t14?,17?,18-/m0/s1. The van der Waals surface area contributed by atoms with E-state index in [2.05, 4.69) is 9.71 Å². The molecule has 0 unspecified atom stereocenters. The van der Waals surface area contributed by atoms with Crippen molar-refractivity contribution in [1.29, 1.82) is 0 Å². The van der Waals surface area contributed by atoms with Crippen LogP contribution < -0.4 is 4.72 Å². The SMILES string of the molecule is O=S(=O)(Cc1ccc(F)cc1)N[C@@H](Cc1ccccn1)C1CC(O)C1. The number of hydrogen-bond donors (Lipinski definition) is 2. The summed E-state index contributed by atoms with van der Waals surface area (Å²) in [4.78, 5) is 4.26. The molecule has 5 nitrogen and oxygen atoms in total. The molecule has 1 saturated carbocycles. The van der Waals surface area contributed by atoms with Crippen LogP contribution in [-0.2, 0) is 22.2 Å². The molecule has 1 aliphatic carbocycles. The van der Waals surface area contributed by atoms with E-state index in [-0.39, 0.29) is 23.8 Å². The predicted octanol–water partition coefficient (Wildman–Crippen LogP) is 2.02. The molecule has 25 heavy (non-hydrogen) atoms. The topological polar surface area (TPSA) is 79.3 Å². The fourth-order valence-electron chi connectivity index (χ4n) is 3.08. The lowest BCUT2D eigenvalue weighted by atomic mass is 9.76. The summed E-state index contributed by atoms with van der Waals surface area (Å²) in [7, 11) is -3.59. The van der Waals surface area contributed by atoms with Gasteiger partial charge in [0.15, 0.2) is 0 Å². The number of rotatable bonds is 7. The summed E-state index contributed by atoms with van der Waals surface area (Å²) < 4.78 is 40.8. The van der Waals surface area contributed by atoms with E-state index in [1.165, 1.54) is 24.3 Å². The maximum absolute atomic E-state index is 13.0. The van der Waals surface area contributed by atoms with Crippen molar-refractivity contribution in [2.45, 2.75) is 37.2 Å². The number of sulfonamides is 1. The molecule has 1 aliphatic rings. The van der Waals surface area contributed by atoms with Crippen molar-refractivity contribution in [3.63, 3.8) is 0 Å². The van der Waals surface area contributed by atoms with Crippen LogP contribution in [0.5, 0.6) is 0 Å². The fraction of sp³-hybridized carbons (Fsp3) is 0.389. The summed E-state index contributed by atoms with van der Waals surface area (Å²) in [5.41, 5.74) is 1.33. The number of nitrogens with zero attached hydrogens (tertiary/aromatic N) is 1. The Labute approximate surface area is 147 Å². The Morgan fingerprint density at radius 2 is 1.92 bits per heavy atom. The molecule has 2 aromatic rings. The monoisotopic (exact) mass is 364 g/mol. The van der Waals surface area contributed by atoms with E-state index in [0.717, 1.165) is 5.69 Å². The second-order valence-electron chi connectivity index (χ2n) is 6.52. The Balaban J connectivity index is 1.70. The number of hydrogen-bond acceptors (Lipinski definition) is 4. The zero-order chi connectivity index (χ0) is 17.9. The van der Waals surface area contributed by atoms with Gasteiger partial charge in [-0.15, -0.1) is 0 Å². The average Bonchev–Trinajstić information content (AvgIpc) is 2.54. The number of pyridine rings is 1. The van der Waals surface area contributed by atoms with Crippen molar-refractivity contribution >= 4 is 10.0 Å². The Kier molecular flexibility index (Phi) is 5.46. The van der Waals surface area contributed by atoms with Crippen molar-refractivity contribution < 1.29 is 17.9 Å². The Morgan fingerprint density at radius 1 is 1.20 bits per heavy atom. The maximum Gasteiger partial charge on any atom is 0.216 e. The lowest BCUT2D eigenvalue weighted by molar-refractivity contribution is 0.0282. The van der Waals surface area contributed by atoms with Crippen LogP contribution >= 0.6 is 0 Å². The first-order valence-electron chi connectivity index (χ1n) is 8.24. The molecule has 0 bridgehead atoms. The van der Waals surface area contributed by atoms with Crippen LogP contribution in [0.2, 0.25) is 0 Å². The average molecular weight is 364 g/mol. The molecular formula is C18H21FN2O3S. The fourth-order valence-corrected chi connectivity index (χ4v) is 4.53. The number of benzene rings is 1. The molecule has 1 aromatic carbocycles. The highest BCUT2D eigenvalue weighted by molar-refractivity contribution is 7.88. The molecule has 0 radical (unpaired) electrons. The molecule has 1 aromatic heterocycles. The molecule has 0 aliphatic heterocycles. The zero-order valence-electron chi connectivity index (χ0n) is 13.7. The van der Waals surface area contributed by atoms with E-state index in [9.17, 15) is 17.9 Å². The second-order valence-corrected chi connectivity index (χ2v) is 8.27. The van der Waals surface area contributed by atoms with Gasteiger partial charge >= 0.3 is 0 Å². The zero-order valence-corrected chi connectivity index (χ0v) is 14.5. The van der Waals surface area contributed by atoms with E-state index in [4.69, 9.17) is 0 Å². The van der Waals surface area contributed by atoms with E-state index in [1.54, 1.807) is 6.20 Å². The molecule has 1 fully saturated rings. The Morgan fingerprint density at radius 3 is 2.52 bits per heavy atom. The molecule has 1 atom stereocenters. The molecule has 134 valence electrons. The van der Waals surface area contributed by atoms with Crippen LogP contribution in [0, 0.1) is 11.7 Å². The number of nitrogens with one attached hydrogen (secondary N) is 1. The van der Waals surface area contributed by atoms with E-state index in [0.29, 0.717) is 24.8 Å². The van der Waals surface area contributed by atoms with Crippen molar-refractivity contribution in [1.82, 2.24) is 9.71 Å². The van der Waals surface area contributed by atoms with Gasteiger partial charge in [0.25, 0.3) is 0 Å². The van der Waals surface area contributed by atoms with Crippen LogP contribution in [0.15, 0.2) is 48.7 Å². The van der Waals surface area contributed by atoms with Gasteiger partial charge in [-0.1, -0.05) is 18.2 Å². The summed E-state index contributed by atoms with van der Waals surface area (Å²) in [6.07, 6.45) is 2.95. The van der Waals surface area contributed by atoms with E-state index >= 15 is 0 Å². The minimum Gasteiger partial charge on any atom is -0.393 e. The van der Waals surface area contributed by atoms with Crippen molar-refractivity contribution in [2.75, 3.05) is 0 Å². The maximum atomic E-state index is 13.0. The Hall–Kier alpha value is -1.83. The van der Waals surface area contributed by atoms with Gasteiger partial charge in [-0.25, -0.2) is 17.5 Å². The van der Waals surface area contributed by atoms with Crippen molar-refractivity contribution in [2.24, 2.45) is 5.92 Å². The molecule has 0 spiro atoms. The van der Waals surface area contributed by atoms with Crippen LogP contribution in [0.3, 0.4) is 0 Å². The summed E-state index contributed by atoms with van der Waals surface area (Å²) in [5.74, 6) is -0.521. The van der Waals surface area contributed by atoms with Gasteiger partial charge in [0.05, 0.1) is 11.9 Å². The number of halogens is 1. The molecule has 3 rings (SSSR count). The van der Waals surface area contributed by atoms with Gasteiger partial charge in [-0.2, -0.15) is 0 Å². The molecular weight excluding hydrogens is 343 g/mol. The minimum absolute atomic E-state index is 0.0833. The van der Waals surface area contributed by atoms with Crippen molar-refractivity contribution in [3.05, 3.63) is 65.7 Å². The van der Waals surface area contributed by atoms with Gasteiger partial charge in [-0.05, 0) is 48.6 Å². The molecule has 0 saturated heterocycles. The van der Waals surface area contributed by atoms with E-state index < -0.39 is 15.8 Å². The van der Waals surface area contributed by atoms with Crippen LogP contribution in [0.1, 0.15) is 24.1 Å². The quantitative estimate of drug-likeness (QED) is 0.788. The van der Waals surface area contributed by atoms with Crippen LogP contribution in [0.25, 0.3) is 0 Å². The van der Waals surface area contributed by atoms with Gasteiger partial charge in [0.1, 0.15) is 5.82 Å². The van der Waals surface area contributed by atoms with E-state index in [1.807, 2.05) is 18.2 Å². The third-order valence-electron chi connectivity index (χ3n) is 4.47. The molecule has 1 heterocycles.